The molecule has 0 radical (unpaired) electrons. The zero-order valence-electron chi connectivity index (χ0n) is 12.7. The van der Waals surface area contributed by atoms with Crippen LogP contribution in [0.5, 0.6) is 5.75 Å². The van der Waals surface area contributed by atoms with Gasteiger partial charge in [0, 0.05) is 25.2 Å². The molecule has 0 saturated carbocycles. The van der Waals surface area contributed by atoms with Crippen LogP contribution in [0.25, 0.3) is 0 Å². The number of amides is 2. The first-order valence-electron chi connectivity index (χ1n) is 6.93. The molecule has 1 rings (SSSR count). The third-order valence-corrected chi connectivity index (χ3v) is 2.85. The van der Waals surface area contributed by atoms with Crippen LogP contribution >= 0.6 is 0 Å². The highest BCUT2D eigenvalue weighted by Crippen LogP contribution is 2.23. The van der Waals surface area contributed by atoms with Crippen molar-refractivity contribution < 1.29 is 14.3 Å². The first kappa shape index (κ1) is 16.8. The molecule has 2 amide bonds. The molecular formula is C15H23N3O3. The minimum absolute atomic E-state index is 0.0861. The van der Waals surface area contributed by atoms with Crippen molar-refractivity contribution in [3.05, 3.63) is 23.8 Å². The molecule has 0 aliphatic heterocycles. The second-order valence-corrected chi connectivity index (χ2v) is 5.13. The van der Waals surface area contributed by atoms with Crippen LogP contribution in [-0.2, 0) is 4.79 Å². The predicted octanol–water partition coefficient (Wildman–Crippen LogP) is 1.17. The number of methoxy groups -OCH3 is 1. The average Bonchev–Trinajstić information content (AvgIpc) is 2.44. The van der Waals surface area contributed by atoms with E-state index in [0.717, 1.165) is 0 Å². The quantitative estimate of drug-likeness (QED) is 0.658. The van der Waals surface area contributed by atoms with Crippen LogP contribution < -0.4 is 21.1 Å². The fourth-order valence-corrected chi connectivity index (χ4v) is 1.75. The van der Waals surface area contributed by atoms with Crippen LogP contribution in [0.2, 0.25) is 0 Å². The van der Waals surface area contributed by atoms with Gasteiger partial charge in [0.1, 0.15) is 11.3 Å². The van der Waals surface area contributed by atoms with Crippen LogP contribution in [0.4, 0.5) is 5.69 Å². The SMILES string of the molecule is COc1cccc(N)c1C(=O)NCCC(=O)NCC(C)C. The zero-order valence-corrected chi connectivity index (χ0v) is 12.7. The van der Waals surface area contributed by atoms with Gasteiger partial charge in [0.15, 0.2) is 0 Å². The number of nitrogens with one attached hydrogen (secondary N) is 2. The summed E-state index contributed by atoms with van der Waals surface area (Å²) in [7, 11) is 1.48. The Morgan fingerprint density at radius 1 is 1.29 bits per heavy atom. The van der Waals surface area contributed by atoms with Crippen molar-refractivity contribution in [3.63, 3.8) is 0 Å². The number of hydrogen-bond acceptors (Lipinski definition) is 4. The molecule has 4 N–H and O–H groups in total. The highest BCUT2D eigenvalue weighted by Gasteiger charge is 2.15. The van der Waals surface area contributed by atoms with E-state index in [2.05, 4.69) is 10.6 Å². The van der Waals surface area contributed by atoms with Crippen molar-refractivity contribution in [2.45, 2.75) is 20.3 Å². The molecule has 0 fully saturated rings. The summed E-state index contributed by atoms with van der Waals surface area (Å²) in [5.74, 6) is 0.382. The van der Waals surface area contributed by atoms with Crippen LogP contribution in [0.1, 0.15) is 30.6 Å². The first-order chi connectivity index (χ1) is 9.95. The Balaban J connectivity index is 2.50. The topological polar surface area (TPSA) is 93.4 Å². The number of ether oxygens (including phenoxy) is 1. The third-order valence-electron chi connectivity index (χ3n) is 2.85. The van der Waals surface area contributed by atoms with Gasteiger partial charge in [0.05, 0.1) is 7.11 Å². The van der Waals surface area contributed by atoms with Crippen molar-refractivity contribution in [3.8, 4) is 5.75 Å². The van der Waals surface area contributed by atoms with E-state index in [1.165, 1.54) is 7.11 Å². The molecule has 6 nitrogen and oxygen atoms in total. The van der Waals surface area contributed by atoms with Crippen molar-refractivity contribution >= 4 is 17.5 Å². The maximum Gasteiger partial charge on any atom is 0.257 e. The molecule has 0 aromatic heterocycles. The Morgan fingerprint density at radius 3 is 2.62 bits per heavy atom. The van der Waals surface area contributed by atoms with Gasteiger partial charge in [-0.1, -0.05) is 19.9 Å². The van der Waals surface area contributed by atoms with Gasteiger partial charge in [-0.3, -0.25) is 9.59 Å². The summed E-state index contributed by atoms with van der Waals surface area (Å²) in [6.07, 6.45) is 0.230. The first-order valence-corrected chi connectivity index (χ1v) is 6.93. The van der Waals surface area contributed by atoms with Crippen molar-refractivity contribution in [1.29, 1.82) is 0 Å². The summed E-state index contributed by atoms with van der Waals surface area (Å²) in [4.78, 5) is 23.6. The lowest BCUT2D eigenvalue weighted by Gasteiger charge is -2.12. The van der Waals surface area contributed by atoms with Crippen molar-refractivity contribution in [2.75, 3.05) is 25.9 Å². The minimum atomic E-state index is -0.346. The van der Waals surface area contributed by atoms with E-state index in [1.807, 2.05) is 13.8 Å². The fraction of sp³-hybridized carbons (Fsp3) is 0.467. The van der Waals surface area contributed by atoms with Gasteiger partial charge in [-0.2, -0.15) is 0 Å². The van der Waals surface area contributed by atoms with Crippen LogP contribution in [0, 0.1) is 5.92 Å². The van der Waals surface area contributed by atoms with Crippen LogP contribution in [-0.4, -0.2) is 32.0 Å². The number of rotatable bonds is 7. The highest BCUT2D eigenvalue weighted by atomic mass is 16.5. The van der Waals surface area contributed by atoms with E-state index in [0.29, 0.717) is 29.5 Å². The molecule has 0 aliphatic rings. The van der Waals surface area contributed by atoms with Crippen LogP contribution in [0.15, 0.2) is 18.2 Å². The molecule has 0 spiro atoms. The Hall–Kier alpha value is -2.24. The molecule has 0 unspecified atom stereocenters. The summed E-state index contributed by atoms with van der Waals surface area (Å²) >= 11 is 0. The molecule has 6 heteroatoms. The normalized spacial score (nSPS) is 10.3. The van der Waals surface area contributed by atoms with Crippen molar-refractivity contribution in [1.82, 2.24) is 10.6 Å². The van der Waals surface area contributed by atoms with E-state index in [1.54, 1.807) is 18.2 Å². The van der Waals surface area contributed by atoms with Gasteiger partial charge < -0.3 is 21.1 Å². The lowest BCUT2D eigenvalue weighted by Crippen LogP contribution is -2.32. The average molecular weight is 293 g/mol. The lowest BCUT2D eigenvalue weighted by atomic mass is 10.1. The number of benzene rings is 1. The second kappa shape index (κ2) is 8.14. The summed E-state index contributed by atoms with van der Waals surface area (Å²) in [6.45, 7) is 4.92. The maximum absolute atomic E-state index is 12.1. The van der Waals surface area contributed by atoms with E-state index in [9.17, 15) is 9.59 Å². The van der Waals surface area contributed by atoms with Gasteiger partial charge >= 0.3 is 0 Å². The maximum atomic E-state index is 12.1. The fourth-order valence-electron chi connectivity index (χ4n) is 1.75. The number of nitrogens with two attached hydrogens (primary N) is 1. The van der Waals surface area contributed by atoms with Gasteiger partial charge in [0.25, 0.3) is 5.91 Å². The van der Waals surface area contributed by atoms with Crippen molar-refractivity contribution in [2.24, 2.45) is 5.92 Å². The van der Waals surface area contributed by atoms with Gasteiger partial charge in [-0.25, -0.2) is 0 Å². The molecule has 0 saturated heterocycles. The Kier molecular flexibility index (Phi) is 6.52. The van der Waals surface area contributed by atoms with Crippen LogP contribution in [0.3, 0.4) is 0 Å². The van der Waals surface area contributed by atoms with E-state index < -0.39 is 0 Å². The van der Waals surface area contributed by atoms with E-state index in [4.69, 9.17) is 10.5 Å². The molecule has 1 aromatic carbocycles. The highest BCUT2D eigenvalue weighted by molar-refractivity contribution is 6.02. The molecule has 1 aromatic rings. The molecule has 0 atom stereocenters. The minimum Gasteiger partial charge on any atom is -0.496 e. The molecule has 21 heavy (non-hydrogen) atoms. The Bertz CT molecular complexity index is 501. The monoisotopic (exact) mass is 293 g/mol. The van der Waals surface area contributed by atoms with E-state index in [-0.39, 0.29) is 24.8 Å². The standard InChI is InChI=1S/C15H23N3O3/c1-10(2)9-18-13(19)7-8-17-15(20)14-11(16)5-4-6-12(14)21-3/h4-6,10H,7-9,16H2,1-3H3,(H,17,20)(H,18,19). The molecule has 0 bridgehead atoms. The third kappa shape index (κ3) is 5.33. The van der Waals surface area contributed by atoms with Gasteiger partial charge in [-0.05, 0) is 18.1 Å². The number of anilines is 1. The largest absolute Gasteiger partial charge is 0.496 e. The summed E-state index contributed by atoms with van der Waals surface area (Å²) in [6, 6.07) is 5.01. The Labute approximate surface area is 125 Å². The molecular weight excluding hydrogens is 270 g/mol. The lowest BCUT2D eigenvalue weighted by molar-refractivity contribution is -0.121. The van der Waals surface area contributed by atoms with Gasteiger partial charge in [0.2, 0.25) is 5.91 Å². The van der Waals surface area contributed by atoms with Gasteiger partial charge in [-0.15, -0.1) is 0 Å². The number of hydrogen-bond donors (Lipinski definition) is 3. The Morgan fingerprint density at radius 2 is 2.00 bits per heavy atom. The molecule has 0 heterocycles. The number of nitrogen functional groups attached to an aromatic ring is 1. The smallest absolute Gasteiger partial charge is 0.257 e. The number of carbonyl (C=O) groups excluding carboxylic acids is 2. The second-order valence-electron chi connectivity index (χ2n) is 5.13. The summed E-state index contributed by atoms with van der Waals surface area (Å²) < 4.78 is 5.12. The zero-order chi connectivity index (χ0) is 15.8. The summed E-state index contributed by atoms with van der Waals surface area (Å²) in [5.41, 5.74) is 6.43. The molecule has 0 aliphatic carbocycles. The molecule has 116 valence electrons. The number of carbonyl (C=O) groups is 2. The predicted molar refractivity (Wildman–Crippen MR) is 82.2 cm³/mol. The summed E-state index contributed by atoms with van der Waals surface area (Å²) in [5, 5.41) is 5.46. The van der Waals surface area contributed by atoms with E-state index >= 15 is 0 Å².